The van der Waals surface area contributed by atoms with E-state index in [1.165, 1.54) is 5.56 Å². The normalized spacial score (nSPS) is 21.4. The van der Waals surface area contributed by atoms with E-state index in [1.54, 1.807) is 19.2 Å². The Morgan fingerprint density at radius 2 is 1.90 bits per heavy atom. The number of ether oxygens (including phenoxy) is 1. The Balaban J connectivity index is 2.02. The number of fused-ring (bicyclic) bond motifs is 1. The zero-order chi connectivity index (χ0) is 14.1. The van der Waals surface area contributed by atoms with E-state index in [9.17, 15) is 4.39 Å². The number of hydrogen-bond acceptors (Lipinski definition) is 2. The number of hydrogen-bond donors (Lipinski definition) is 1. The summed E-state index contributed by atoms with van der Waals surface area (Å²) in [5, 5.41) is 3.55. The molecule has 2 aromatic rings. The molecular weight excluding hydrogens is 253 g/mol. The molecule has 0 aromatic heterocycles. The SMILES string of the molecule is COc1ccc(C2NC(C)Cc3ccc(F)cc32)cc1. The maximum atomic E-state index is 13.6. The third-order valence-electron chi connectivity index (χ3n) is 3.85. The molecule has 2 unspecified atom stereocenters. The summed E-state index contributed by atoms with van der Waals surface area (Å²) >= 11 is 0. The van der Waals surface area contributed by atoms with E-state index in [0.29, 0.717) is 6.04 Å². The van der Waals surface area contributed by atoms with Crippen LogP contribution in [0, 0.1) is 5.82 Å². The predicted octanol–water partition coefficient (Wildman–Crippen LogP) is 3.46. The zero-order valence-corrected chi connectivity index (χ0v) is 11.7. The molecule has 0 bridgehead atoms. The molecule has 3 rings (SSSR count). The van der Waals surface area contributed by atoms with Crippen LogP contribution in [-0.2, 0) is 6.42 Å². The van der Waals surface area contributed by atoms with Crippen LogP contribution in [0.15, 0.2) is 42.5 Å². The molecule has 2 atom stereocenters. The molecular formula is C17H18FNO. The van der Waals surface area contributed by atoms with Gasteiger partial charge in [0.25, 0.3) is 0 Å². The van der Waals surface area contributed by atoms with E-state index in [4.69, 9.17) is 4.74 Å². The van der Waals surface area contributed by atoms with Crippen molar-refractivity contribution in [3.05, 3.63) is 65.0 Å². The maximum absolute atomic E-state index is 13.6. The van der Waals surface area contributed by atoms with E-state index in [0.717, 1.165) is 23.3 Å². The molecule has 20 heavy (non-hydrogen) atoms. The van der Waals surface area contributed by atoms with Crippen molar-refractivity contribution in [1.29, 1.82) is 0 Å². The van der Waals surface area contributed by atoms with Gasteiger partial charge >= 0.3 is 0 Å². The lowest BCUT2D eigenvalue weighted by atomic mass is 9.87. The Morgan fingerprint density at radius 3 is 2.60 bits per heavy atom. The second kappa shape index (κ2) is 5.25. The second-order valence-electron chi connectivity index (χ2n) is 5.32. The highest BCUT2D eigenvalue weighted by Gasteiger charge is 2.25. The first-order chi connectivity index (χ1) is 9.67. The van der Waals surface area contributed by atoms with Gasteiger partial charge in [0, 0.05) is 6.04 Å². The van der Waals surface area contributed by atoms with Gasteiger partial charge in [-0.25, -0.2) is 4.39 Å². The van der Waals surface area contributed by atoms with Gasteiger partial charge in [0.15, 0.2) is 0 Å². The van der Waals surface area contributed by atoms with E-state index >= 15 is 0 Å². The van der Waals surface area contributed by atoms with Crippen LogP contribution in [0.1, 0.15) is 29.7 Å². The van der Waals surface area contributed by atoms with Gasteiger partial charge < -0.3 is 10.1 Å². The van der Waals surface area contributed by atoms with Gasteiger partial charge in [-0.15, -0.1) is 0 Å². The van der Waals surface area contributed by atoms with Crippen LogP contribution in [0.4, 0.5) is 4.39 Å². The summed E-state index contributed by atoms with van der Waals surface area (Å²) in [7, 11) is 1.65. The van der Waals surface area contributed by atoms with Gasteiger partial charge in [-0.3, -0.25) is 0 Å². The van der Waals surface area contributed by atoms with E-state index in [-0.39, 0.29) is 11.9 Å². The highest BCUT2D eigenvalue weighted by molar-refractivity contribution is 5.41. The van der Waals surface area contributed by atoms with Gasteiger partial charge in [-0.2, -0.15) is 0 Å². The van der Waals surface area contributed by atoms with Crippen molar-refractivity contribution in [3.8, 4) is 5.75 Å². The molecule has 3 heteroatoms. The van der Waals surface area contributed by atoms with Crippen LogP contribution in [0.5, 0.6) is 5.75 Å². The van der Waals surface area contributed by atoms with Crippen molar-refractivity contribution in [3.63, 3.8) is 0 Å². The van der Waals surface area contributed by atoms with E-state index < -0.39 is 0 Å². The van der Waals surface area contributed by atoms with Crippen LogP contribution in [0.25, 0.3) is 0 Å². The molecule has 0 fully saturated rings. The van der Waals surface area contributed by atoms with Crippen LogP contribution < -0.4 is 10.1 Å². The van der Waals surface area contributed by atoms with Crippen LogP contribution in [0.2, 0.25) is 0 Å². The number of methoxy groups -OCH3 is 1. The molecule has 1 N–H and O–H groups in total. The minimum atomic E-state index is -0.182. The smallest absolute Gasteiger partial charge is 0.123 e. The fourth-order valence-electron chi connectivity index (χ4n) is 2.86. The van der Waals surface area contributed by atoms with Crippen LogP contribution in [0.3, 0.4) is 0 Å². The van der Waals surface area contributed by atoms with E-state index in [2.05, 4.69) is 12.2 Å². The summed E-state index contributed by atoms with van der Waals surface area (Å²) in [6, 6.07) is 13.4. The van der Waals surface area contributed by atoms with Gasteiger partial charge in [0.2, 0.25) is 0 Å². The number of rotatable bonds is 2. The monoisotopic (exact) mass is 271 g/mol. The lowest BCUT2D eigenvalue weighted by Crippen LogP contribution is -2.37. The molecule has 0 saturated heterocycles. The number of nitrogens with one attached hydrogen (secondary N) is 1. The van der Waals surface area contributed by atoms with Crippen LogP contribution >= 0.6 is 0 Å². The molecule has 1 aliphatic heterocycles. The lowest BCUT2D eigenvalue weighted by molar-refractivity contribution is 0.414. The molecule has 0 spiro atoms. The first kappa shape index (κ1) is 13.1. The van der Waals surface area contributed by atoms with E-state index in [1.807, 2.05) is 30.3 Å². The molecule has 0 amide bonds. The van der Waals surface area contributed by atoms with Crippen molar-refractivity contribution >= 4 is 0 Å². The number of halogens is 1. The fraction of sp³-hybridized carbons (Fsp3) is 0.294. The highest BCUT2D eigenvalue weighted by Crippen LogP contribution is 2.31. The van der Waals surface area contributed by atoms with Crippen LogP contribution in [-0.4, -0.2) is 13.2 Å². The topological polar surface area (TPSA) is 21.3 Å². The van der Waals surface area contributed by atoms with Crippen molar-refractivity contribution in [2.45, 2.75) is 25.4 Å². The average molecular weight is 271 g/mol. The molecule has 2 aromatic carbocycles. The highest BCUT2D eigenvalue weighted by atomic mass is 19.1. The van der Waals surface area contributed by atoms with Gasteiger partial charge in [0.1, 0.15) is 11.6 Å². The van der Waals surface area contributed by atoms with Crippen molar-refractivity contribution in [2.75, 3.05) is 7.11 Å². The zero-order valence-electron chi connectivity index (χ0n) is 11.7. The summed E-state index contributed by atoms with van der Waals surface area (Å²) < 4.78 is 18.7. The second-order valence-corrected chi connectivity index (χ2v) is 5.32. The van der Waals surface area contributed by atoms with Crippen molar-refractivity contribution < 1.29 is 9.13 Å². The Labute approximate surface area is 118 Å². The summed E-state index contributed by atoms with van der Waals surface area (Å²) in [4.78, 5) is 0. The molecule has 2 nitrogen and oxygen atoms in total. The maximum Gasteiger partial charge on any atom is 0.123 e. The van der Waals surface area contributed by atoms with Gasteiger partial charge in [-0.05, 0) is 54.3 Å². The largest absolute Gasteiger partial charge is 0.497 e. The Bertz CT molecular complexity index is 609. The van der Waals surface area contributed by atoms with Crippen molar-refractivity contribution in [1.82, 2.24) is 5.32 Å². The average Bonchev–Trinajstić information content (AvgIpc) is 2.47. The first-order valence-corrected chi connectivity index (χ1v) is 6.85. The number of benzene rings is 2. The Hall–Kier alpha value is -1.87. The summed E-state index contributed by atoms with van der Waals surface area (Å²) in [6.45, 7) is 2.16. The quantitative estimate of drug-likeness (QED) is 0.903. The molecule has 1 aliphatic rings. The molecule has 1 heterocycles. The summed E-state index contributed by atoms with van der Waals surface area (Å²) in [5.74, 6) is 0.649. The lowest BCUT2D eigenvalue weighted by Gasteiger charge is -2.32. The van der Waals surface area contributed by atoms with Gasteiger partial charge in [-0.1, -0.05) is 18.2 Å². The predicted molar refractivity (Wildman–Crippen MR) is 77.5 cm³/mol. The fourth-order valence-corrected chi connectivity index (χ4v) is 2.86. The standard InChI is InChI=1S/C17H18FNO/c1-11-9-13-3-6-14(18)10-16(13)17(19-11)12-4-7-15(20-2)8-5-12/h3-8,10-11,17,19H,9H2,1-2H3. The van der Waals surface area contributed by atoms with Gasteiger partial charge in [0.05, 0.1) is 13.2 Å². The third-order valence-corrected chi connectivity index (χ3v) is 3.85. The summed E-state index contributed by atoms with van der Waals surface area (Å²) in [5.41, 5.74) is 3.39. The molecule has 104 valence electrons. The molecule has 0 aliphatic carbocycles. The Kier molecular flexibility index (Phi) is 3.45. The first-order valence-electron chi connectivity index (χ1n) is 6.85. The third kappa shape index (κ3) is 2.41. The minimum Gasteiger partial charge on any atom is -0.497 e. The van der Waals surface area contributed by atoms with Crippen molar-refractivity contribution in [2.24, 2.45) is 0 Å². The summed E-state index contributed by atoms with van der Waals surface area (Å²) in [6.07, 6.45) is 0.933. The molecule has 0 saturated carbocycles. The molecule has 0 radical (unpaired) electrons. The minimum absolute atomic E-state index is 0.0374. The Morgan fingerprint density at radius 1 is 1.15 bits per heavy atom.